The van der Waals surface area contributed by atoms with Crippen LogP contribution in [0.4, 0.5) is 13.2 Å². The number of hydrogen-bond donors (Lipinski definition) is 1. The Morgan fingerprint density at radius 2 is 1.74 bits per heavy atom. The van der Waals surface area contributed by atoms with Crippen LogP contribution in [0.15, 0.2) is 42.5 Å². The van der Waals surface area contributed by atoms with Gasteiger partial charge in [-0.25, -0.2) is 13.2 Å². The lowest BCUT2D eigenvalue weighted by Crippen LogP contribution is -2.44. The fourth-order valence-electron chi connectivity index (χ4n) is 5.46. The zero-order chi connectivity index (χ0) is 28.2. The highest BCUT2D eigenvalue weighted by molar-refractivity contribution is 5.98. The second kappa shape index (κ2) is 12.4. The van der Waals surface area contributed by atoms with Crippen LogP contribution in [0.25, 0.3) is 11.1 Å². The van der Waals surface area contributed by atoms with Crippen LogP contribution in [0.3, 0.4) is 0 Å². The quantitative estimate of drug-likeness (QED) is 0.448. The Hall–Kier alpha value is -3.07. The van der Waals surface area contributed by atoms with Crippen molar-refractivity contribution in [3.05, 3.63) is 53.8 Å². The molecule has 0 aliphatic carbocycles. The highest BCUT2D eigenvalue weighted by Crippen LogP contribution is 2.29. The number of ether oxygens (including phenoxy) is 1. The number of halogens is 3. The molecule has 2 N–H and O–H groups in total. The van der Waals surface area contributed by atoms with Crippen molar-refractivity contribution in [1.82, 2.24) is 9.80 Å². The van der Waals surface area contributed by atoms with E-state index >= 15 is 0 Å². The minimum Gasteiger partial charge on any atom is -0.493 e. The maximum absolute atomic E-state index is 15.0. The largest absolute Gasteiger partial charge is 0.493 e. The van der Waals surface area contributed by atoms with Crippen molar-refractivity contribution in [2.75, 3.05) is 32.8 Å². The molecule has 0 saturated carbocycles. The number of nitrogens with zero attached hydrogens (tertiary/aromatic N) is 2. The Morgan fingerprint density at radius 1 is 1.08 bits per heavy atom. The number of hydrogen-bond acceptors (Lipinski definition) is 4. The van der Waals surface area contributed by atoms with Crippen molar-refractivity contribution in [3.8, 4) is 16.9 Å². The molecule has 2 aromatic rings. The minimum atomic E-state index is -1.34. The van der Waals surface area contributed by atoms with Gasteiger partial charge in [0.05, 0.1) is 13.2 Å². The first-order chi connectivity index (χ1) is 18.6. The lowest BCUT2D eigenvalue weighted by Gasteiger charge is -2.36. The van der Waals surface area contributed by atoms with Crippen LogP contribution in [0.1, 0.15) is 56.3 Å². The van der Waals surface area contributed by atoms with E-state index in [1.54, 1.807) is 24.3 Å². The van der Waals surface area contributed by atoms with E-state index in [1.807, 2.05) is 13.8 Å². The summed E-state index contributed by atoms with van der Waals surface area (Å²) in [4.78, 5) is 27.7. The van der Waals surface area contributed by atoms with E-state index in [4.69, 9.17) is 10.5 Å². The number of carbonyl (C=O) groups is 2. The number of amides is 2. The zero-order valence-electron chi connectivity index (χ0n) is 22.7. The lowest BCUT2D eigenvalue weighted by molar-refractivity contribution is -0.121. The molecular formula is C30H38F3N3O3. The molecule has 39 heavy (non-hydrogen) atoms. The summed E-state index contributed by atoms with van der Waals surface area (Å²) >= 11 is 0. The molecule has 2 atom stereocenters. The number of likely N-dealkylation sites (tertiary alicyclic amines) is 2. The molecule has 6 nitrogen and oxygen atoms in total. The van der Waals surface area contributed by atoms with Gasteiger partial charge in [0.25, 0.3) is 5.91 Å². The van der Waals surface area contributed by atoms with Crippen LogP contribution in [0, 0.1) is 11.7 Å². The standard InChI is InChI=1S/C30H38F3N3O3/c1-3-30(33,4-2)19-35-13-11-20(12-14-35)18-39-24-8-5-21(6-9-24)25-10-7-22(15-26(25)32)29(38)36-17-23(31)16-27(36)28(34)37/h5-10,15,20,23,27H,3-4,11-14,16-19H2,1-2H3,(H2,34,37)/t23-,27-/m0/s1. The van der Waals surface area contributed by atoms with E-state index in [9.17, 15) is 22.8 Å². The summed E-state index contributed by atoms with van der Waals surface area (Å²) in [6.07, 6.45) is 1.50. The Morgan fingerprint density at radius 3 is 2.33 bits per heavy atom. The van der Waals surface area contributed by atoms with Crippen LogP contribution < -0.4 is 10.5 Å². The van der Waals surface area contributed by atoms with Crippen LogP contribution in [-0.4, -0.2) is 72.3 Å². The molecule has 2 aliphatic heterocycles. The Bertz CT molecular complexity index is 1150. The molecule has 4 rings (SSSR count). The number of alkyl halides is 2. The maximum Gasteiger partial charge on any atom is 0.254 e. The smallest absolute Gasteiger partial charge is 0.254 e. The molecule has 2 aromatic carbocycles. The summed E-state index contributed by atoms with van der Waals surface area (Å²) in [6, 6.07) is 10.1. The molecule has 0 bridgehead atoms. The van der Waals surface area contributed by atoms with E-state index in [0.29, 0.717) is 48.8 Å². The molecule has 0 radical (unpaired) electrons. The van der Waals surface area contributed by atoms with E-state index in [0.717, 1.165) is 36.9 Å². The SMILES string of the molecule is CCC(F)(CC)CN1CCC(COc2ccc(-c3ccc(C(=O)N4C[C@@H](F)C[C@H]4C(N)=O)cc3F)cc2)CC1. The number of benzene rings is 2. The van der Waals surface area contributed by atoms with Crippen molar-refractivity contribution in [2.24, 2.45) is 11.7 Å². The molecule has 2 fully saturated rings. The van der Waals surface area contributed by atoms with E-state index in [2.05, 4.69) is 4.90 Å². The first-order valence-corrected chi connectivity index (χ1v) is 13.8. The Kier molecular flexibility index (Phi) is 9.20. The topological polar surface area (TPSA) is 75.9 Å². The van der Waals surface area contributed by atoms with Crippen LogP contribution in [0.5, 0.6) is 5.75 Å². The predicted molar refractivity (Wildman–Crippen MR) is 144 cm³/mol. The number of primary amides is 1. The molecule has 0 unspecified atom stereocenters. The van der Waals surface area contributed by atoms with Gasteiger partial charge in [-0.3, -0.25) is 9.59 Å². The fraction of sp³-hybridized carbons (Fsp3) is 0.533. The first kappa shape index (κ1) is 28.9. The van der Waals surface area contributed by atoms with Crippen molar-refractivity contribution < 1.29 is 27.5 Å². The van der Waals surface area contributed by atoms with Gasteiger partial charge in [-0.15, -0.1) is 0 Å². The third kappa shape index (κ3) is 6.93. The number of rotatable bonds is 10. The maximum atomic E-state index is 15.0. The van der Waals surface area contributed by atoms with E-state index in [1.165, 1.54) is 12.1 Å². The van der Waals surface area contributed by atoms with Gasteiger partial charge in [-0.2, -0.15) is 0 Å². The van der Waals surface area contributed by atoms with E-state index in [-0.39, 0.29) is 18.5 Å². The van der Waals surface area contributed by atoms with Crippen molar-refractivity contribution in [1.29, 1.82) is 0 Å². The third-order valence-electron chi connectivity index (χ3n) is 8.19. The van der Waals surface area contributed by atoms with Gasteiger partial charge in [0, 0.05) is 24.1 Å². The van der Waals surface area contributed by atoms with Crippen LogP contribution in [0.2, 0.25) is 0 Å². The number of carbonyl (C=O) groups excluding carboxylic acids is 2. The highest BCUT2D eigenvalue weighted by atomic mass is 19.1. The van der Waals surface area contributed by atoms with Crippen molar-refractivity contribution in [3.63, 3.8) is 0 Å². The number of piperidine rings is 1. The lowest BCUT2D eigenvalue weighted by atomic mass is 9.94. The van der Waals surface area contributed by atoms with Gasteiger partial charge in [0.15, 0.2) is 0 Å². The molecule has 2 amide bonds. The average molecular weight is 546 g/mol. The summed E-state index contributed by atoms with van der Waals surface area (Å²) in [7, 11) is 0. The summed E-state index contributed by atoms with van der Waals surface area (Å²) in [5.41, 5.74) is 5.16. The predicted octanol–water partition coefficient (Wildman–Crippen LogP) is 5.15. The van der Waals surface area contributed by atoms with E-state index < -0.39 is 35.5 Å². The van der Waals surface area contributed by atoms with Gasteiger partial charge >= 0.3 is 0 Å². The summed E-state index contributed by atoms with van der Waals surface area (Å²) in [6.45, 7) is 6.36. The summed E-state index contributed by atoms with van der Waals surface area (Å²) < 4.78 is 49.5. The normalized spacial score (nSPS) is 20.8. The zero-order valence-corrected chi connectivity index (χ0v) is 22.7. The van der Waals surface area contributed by atoms with Crippen LogP contribution >= 0.6 is 0 Å². The molecule has 0 spiro atoms. The molecule has 212 valence electrons. The molecule has 0 aromatic heterocycles. The van der Waals surface area contributed by atoms with Crippen molar-refractivity contribution >= 4 is 11.8 Å². The summed E-state index contributed by atoms with van der Waals surface area (Å²) in [5, 5.41) is 0. The second-order valence-corrected chi connectivity index (χ2v) is 10.8. The highest BCUT2D eigenvalue weighted by Gasteiger charge is 2.39. The molecule has 2 heterocycles. The fourth-order valence-corrected chi connectivity index (χ4v) is 5.46. The van der Waals surface area contributed by atoms with Gasteiger partial charge in [0.2, 0.25) is 5.91 Å². The third-order valence-corrected chi connectivity index (χ3v) is 8.19. The minimum absolute atomic E-state index is 0.0317. The van der Waals surface area contributed by atoms with Gasteiger partial charge < -0.3 is 20.3 Å². The summed E-state index contributed by atoms with van der Waals surface area (Å²) in [5.74, 6) is -0.922. The first-order valence-electron chi connectivity index (χ1n) is 13.8. The molecular weight excluding hydrogens is 507 g/mol. The Labute approximate surface area is 228 Å². The monoisotopic (exact) mass is 545 g/mol. The van der Waals surface area contributed by atoms with Crippen LogP contribution in [-0.2, 0) is 4.79 Å². The van der Waals surface area contributed by atoms with Gasteiger partial charge in [-0.05, 0) is 74.5 Å². The molecule has 2 aliphatic rings. The van der Waals surface area contributed by atoms with Gasteiger partial charge in [-0.1, -0.05) is 32.0 Å². The van der Waals surface area contributed by atoms with Crippen molar-refractivity contribution in [2.45, 2.75) is 63.8 Å². The Balaban J connectivity index is 1.31. The molecule has 2 saturated heterocycles. The average Bonchev–Trinajstić information content (AvgIpc) is 3.34. The van der Waals surface area contributed by atoms with Gasteiger partial charge in [0.1, 0.15) is 29.4 Å². The molecule has 9 heteroatoms. The number of nitrogens with two attached hydrogens (primary N) is 1. The second-order valence-electron chi connectivity index (χ2n) is 10.8.